The number of likely N-dealkylation sites (N-methyl/N-ethyl adjacent to an activating group) is 1. The standard InChI is InChI=1S/C9H20N2O/c1-5-7(2)9(12)11(4)6-8(3)10/h7-8H,5-6,10H2,1-4H3. The Kier molecular flexibility index (Phi) is 4.90. The zero-order chi connectivity index (χ0) is 9.72. The van der Waals surface area contributed by atoms with Crippen LogP contribution in [0, 0.1) is 5.92 Å². The molecule has 3 heteroatoms. The van der Waals surface area contributed by atoms with Crippen LogP contribution in [0.2, 0.25) is 0 Å². The van der Waals surface area contributed by atoms with E-state index < -0.39 is 0 Å². The molecule has 0 aromatic carbocycles. The molecule has 2 atom stereocenters. The minimum absolute atomic E-state index is 0.0583. The quantitative estimate of drug-likeness (QED) is 0.683. The topological polar surface area (TPSA) is 46.3 Å². The van der Waals surface area contributed by atoms with Crippen molar-refractivity contribution in [2.24, 2.45) is 11.7 Å². The molecule has 1 amide bonds. The number of hydrogen-bond donors (Lipinski definition) is 1. The van der Waals surface area contributed by atoms with E-state index in [0.717, 1.165) is 6.42 Å². The lowest BCUT2D eigenvalue weighted by Crippen LogP contribution is -2.39. The predicted molar refractivity (Wildman–Crippen MR) is 50.7 cm³/mol. The molecule has 2 N–H and O–H groups in total. The second-order valence-electron chi connectivity index (χ2n) is 3.51. The van der Waals surface area contributed by atoms with Crippen LogP contribution in [0.1, 0.15) is 27.2 Å². The Morgan fingerprint density at radius 2 is 2.00 bits per heavy atom. The van der Waals surface area contributed by atoms with E-state index in [4.69, 9.17) is 5.73 Å². The summed E-state index contributed by atoms with van der Waals surface area (Å²) in [5, 5.41) is 0. The van der Waals surface area contributed by atoms with Gasteiger partial charge in [0.15, 0.2) is 0 Å². The fourth-order valence-electron chi connectivity index (χ4n) is 1.07. The summed E-state index contributed by atoms with van der Waals surface area (Å²) in [6.45, 7) is 6.51. The summed E-state index contributed by atoms with van der Waals surface area (Å²) in [6.07, 6.45) is 0.891. The maximum absolute atomic E-state index is 11.5. The molecular weight excluding hydrogens is 152 g/mol. The molecule has 72 valence electrons. The van der Waals surface area contributed by atoms with Gasteiger partial charge in [0, 0.05) is 25.6 Å². The third kappa shape index (κ3) is 3.72. The van der Waals surface area contributed by atoms with Crippen LogP contribution >= 0.6 is 0 Å². The van der Waals surface area contributed by atoms with Crippen LogP contribution in [0.15, 0.2) is 0 Å². The smallest absolute Gasteiger partial charge is 0.225 e. The Morgan fingerprint density at radius 1 is 1.50 bits per heavy atom. The van der Waals surface area contributed by atoms with Crippen LogP contribution < -0.4 is 5.73 Å². The van der Waals surface area contributed by atoms with Crippen LogP contribution in [0.5, 0.6) is 0 Å². The SMILES string of the molecule is CCC(C)C(=O)N(C)CC(C)N. The molecule has 0 aliphatic heterocycles. The van der Waals surface area contributed by atoms with Crippen LogP contribution in [0.4, 0.5) is 0 Å². The maximum Gasteiger partial charge on any atom is 0.225 e. The Hall–Kier alpha value is -0.570. The highest BCUT2D eigenvalue weighted by Crippen LogP contribution is 2.04. The Balaban J connectivity index is 3.92. The van der Waals surface area contributed by atoms with Crippen molar-refractivity contribution in [3.63, 3.8) is 0 Å². The molecule has 0 saturated carbocycles. The number of nitrogens with zero attached hydrogens (tertiary/aromatic N) is 1. The largest absolute Gasteiger partial charge is 0.344 e. The zero-order valence-corrected chi connectivity index (χ0v) is 8.50. The molecule has 0 aromatic heterocycles. The first-order chi connectivity index (χ1) is 5.49. The maximum atomic E-state index is 11.5. The second-order valence-corrected chi connectivity index (χ2v) is 3.51. The van der Waals surface area contributed by atoms with E-state index in [-0.39, 0.29) is 17.9 Å². The summed E-state index contributed by atoms with van der Waals surface area (Å²) in [5.41, 5.74) is 5.58. The Labute approximate surface area is 74.9 Å². The van der Waals surface area contributed by atoms with Gasteiger partial charge in [-0.3, -0.25) is 4.79 Å². The van der Waals surface area contributed by atoms with Crippen molar-refractivity contribution < 1.29 is 4.79 Å². The molecule has 0 radical (unpaired) electrons. The van der Waals surface area contributed by atoms with Crippen LogP contribution in [0.25, 0.3) is 0 Å². The van der Waals surface area contributed by atoms with Crippen LogP contribution in [0.3, 0.4) is 0 Å². The molecular formula is C9H20N2O. The van der Waals surface area contributed by atoms with Crippen LogP contribution in [-0.2, 0) is 4.79 Å². The van der Waals surface area contributed by atoms with Crippen molar-refractivity contribution in [1.29, 1.82) is 0 Å². The summed E-state index contributed by atoms with van der Waals surface area (Å²) < 4.78 is 0. The highest BCUT2D eigenvalue weighted by atomic mass is 16.2. The van der Waals surface area contributed by atoms with Gasteiger partial charge in [0.2, 0.25) is 5.91 Å². The van der Waals surface area contributed by atoms with Gasteiger partial charge in [0.25, 0.3) is 0 Å². The normalized spacial score (nSPS) is 15.4. The van der Waals surface area contributed by atoms with Gasteiger partial charge in [-0.05, 0) is 13.3 Å². The second kappa shape index (κ2) is 5.14. The highest BCUT2D eigenvalue weighted by molar-refractivity contribution is 5.78. The first-order valence-electron chi connectivity index (χ1n) is 4.49. The monoisotopic (exact) mass is 172 g/mol. The lowest BCUT2D eigenvalue weighted by atomic mass is 10.1. The van der Waals surface area contributed by atoms with Gasteiger partial charge in [-0.25, -0.2) is 0 Å². The predicted octanol–water partition coefficient (Wildman–Crippen LogP) is 0.838. The average molecular weight is 172 g/mol. The van der Waals surface area contributed by atoms with Crippen molar-refractivity contribution in [3.8, 4) is 0 Å². The lowest BCUT2D eigenvalue weighted by molar-refractivity contribution is -0.133. The number of amides is 1. The summed E-state index contributed by atoms with van der Waals surface area (Å²) in [5.74, 6) is 0.309. The highest BCUT2D eigenvalue weighted by Gasteiger charge is 2.15. The molecule has 0 saturated heterocycles. The van der Waals surface area contributed by atoms with E-state index in [2.05, 4.69) is 0 Å². The van der Waals surface area contributed by atoms with Gasteiger partial charge in [-0.2, -0.15) is 0 Å². The fourth-order valence-corrected chi connectivity index (χ4v) is 1.07. The van der Waals surface area contributed by atoms with E-state index >= 15 is 0 Å². The van der Waals surface area contributed by atoms with Gasteiger partial charge < -0.3 is 10.6 Å². The molecule has 2 unspecified atom stereocenters. The van der Waals surface area contributed by atoms with Crippen molar-refractivity contribution >= 4 is 5.91 Å². The summed E-state index contributed by atoms with van der Waals surface area (Å²) in [4.78, 5) is 13.2. The van der Waals surface area contributed by atoms with Gasteiger partial charge in [0.05, 0.1) is 0 Å². The van der Waals surface area contributed by atoms with Gasteiger partial charge >= 0.3 is 0 Å². The minimum Gasteiger partial charge on any atom is -0.344 e. The molecule has 3 nitrogen and oxygen atoms in total. The molecule has 0 heterocycles. The number of carbonyl (C=O) groups excluding carboxylic acids is 1. The summed E-state index contributed by atoms with van der Waals surface area (Å²) >= 11 is 0. The van der Waals surface area contributed by atoms with Crippen LogP contribution in [-0.4, -0.2) is 30.4 Å². The van der Waals surface area contributed by atoms with Gasteiger partial charge in [-0.15, -0.1) is 0 Å². The minimum atomic E-state index is 0.0583. The van der Waals surface area contributed by atoms with E-state index in [0.29, 0.717) is 6.54 Å². The average Bonchev–Trinajstić information content (AvgIpc) is 2.00. The van der Waals surface area contributed by atoms with E-state index in [1.165, 1.54) is 0 Å². The van der Waals surface area contributed by atoms with Crippen molar-refractivity contribution in [3.05, 3.63) is 0 Å². The Morgan fingerprint density at radius 3 is 2.33 bits per heavy atom. The number of hydrogen-bond acceptors (Lipinski definition) is 2. The van der Waals surface area contributed by atoms with Gasteiger partial charge in [-0.1, -0.05) is 13.8 Å². The molecule has 0 spiro atoms. The first-order valence-corrected chi connectivity index (χ1v) is 4.49. The third-order valence-corrected chi connectivity index (χ3v) is 1.97. The molecule has 0 bridgehead atoms. The molecule has 12 heavy (non-hydrogen) atoms. The summed E-state index contributed by atoms with van der Waals surface area (Å²) in [7, 11) is 1.80. The fraction of sp³-hybridized carbons (Fsp3) is 0.889. The number of nitrogens with two attached hydrogens (primary N) is 1. The van der Waals surface area contributed by atoms with Crippen molar-refractivity contribution in [1.82, 2.24) is 4.90 Å². The Bertz CT molecular complexity index is 145. The first kappa shape index (κ1) is 11.4. The zero-order valence-electron chi connectivity index (χ0n) is 8.50. The van der Waals surface area contributed by atoms with Crippen molar-refractivity contribution in [2.75, 3.05) is 13.6 Å². The lowest BCUT2D eigenvalue weighted by Gasteiger charge is -2.22. The van der Waals surface area contributed by atoms with E-state index in [9.17, 15) is 4.79 Å². The number of carbonyl (C=O) groups is 1. The third-order valence-electron chi connectivity index (χ3n) is 1.97. The van der Waals surface area contributed by atoms with E-state index in [1.54, 1.807) is 11.9 Å². The molecule has 0 aromatic rings. The molecule has 0 aliphatic rings. The summed E-state index contributed by atoms with van der Waals surface area (Å²) in [6, 6.07) is 0.0583. The number of rotatable bonds is 4. The van der Waals surface area contributed by atoms with Crippen molar-refractivity contribution in [2.45, 2.75) is 33.2 Å². The molecule has 0 fully saturated rings. The molecule has 0 aliphatic carbocycles. The van der Waals surface area contributed by atoms with Gasteiger partial charge in [0.1, 0.15) is 0 Å². The van der Waals surface area contributed by atoms with E-state index in [1.807, 2.05) is 20.8 Å². The molecule has 0 rings (SSSR count).